The first kappa shape index (κ1) is 18.2. The molecule has 2 aliphatic rings. The van der Waals surface area contributed by atoms with Crippen LogP contribution in [0.15, 0.2) is 22.9 Å². The molecule has 1 saturated carbocycles. The molecule has 3 heterocycles. The van der Waals surface area contributed by atoms with Gasteiger partial charge in [-0.05, 0) is 37.2 Å². The second-order valence-corrected chi connectivity index (χ2v) is 6.94. The first-order chi connectivity index (χ1) is 13.0. The van der Waals surface area contributed by atoms with Gasteiger partial charge in [-0.3, -0.25) is 10.9 Å². The highest BCUT2D eigenvalue weighted by atomic mass is 19.4. The smallest absolute Gasteiger partial charge is 0.471 e. The van der Waals surface area contributed by atoms with Crippen molar-refractivity contribution in [3.05, 3.63) is 24.2 Å². The lowest BCUT2D eigenvalue weighted by molar-refractivity contribution is -0.159. The molecule has 2 aromatic rings. The largest absolute Gasteiger partial charge is 0.478 e. The Balaban J connectivity index is 1.36. The van der Waals surface area contributed by atoms with Crippen molar-refractivity contribution >= 4 is 0 Å². The lowest BCUT2D eigenvalue weighted by Gasteiger charge is -2.32. The molecule has 3 atom stereocenters. The molecule has 2 aromatic heterocycles. The minimum Gasteiger partial charge on any atom is -0.478 e. The molecule has 0 spiro atoms. The monoisotopic (exact) mass is 383 g/mol. The normalized spacial score (nSPS) is 25.4. The second-order valence-electron chi connectivity index (χ2n) is 6.94. The Kier molecular flexibility index (Phi) is 5.00. The average molecular weight is 383 g/mol. The van der Waals surface area contributed by atoms with Crippen LogP contribution in [0.5, 0.6) is 5.88 Å². The first-order valence-electron chi connectivity index (χ1n) is 8.99. The van der Waals surface area contributed by atoms with Gasteiger partial charge in [0.2, 0.25) is 11.7 Å². The third-order valence-electron chi connectivity index (χ3n) is 5.20. The SMILES string of the molecule is FC(F)(F)c1nc(-c2ccnc(OCCC3CCCC4CNNC34)c2)no1. The molecule has 1 aliphatic heterocycles. The van der Waals surface area contributed by atoms with E-state index in [2.05, 4.69) is 30.5 Å². The molecule has 146 valence electrons. The maximum atomic E-state index is 12.6. The zero-order chi connectivity index (χ0) is 18.9. The second kappa shape index (κ2) is 7.43. The number of hydrogen-bond acceptors (Lipinski definition) is 7. The van der Waals surface area contributed by atoms with Gasteiger partial charge in [-0.15, -0.1) is 0 Å². The lowest BCUT2D eigenvalue weighted by Crippen LogP contribution is -2.41. The summed E-state index contributed by atoms with van der Waals surface area (Å²) in [6.07, 6.45) is 1.31. The summed E-state index contributed by atoms with van der Waals surface area (Å²) in [5.74, 6) is 0.0164. The number of aromatic nitrogens is 3. The Labute approximate surface area is 153 Å². The van der Waals surface area contributed by atoms with Crippen molar-refractivity contribution in [3.8, 4) is 17.3 Å². The zero-order valence-electron chi connectivity index (χ0n) is 14.5. The van der Waals surface area contributed by atoms with E-state index in [1.165, 1.54) is 31.2 Å². The summed E-state index contributed by atoms with van der Waals surface area (Å²) in [6.45, 7) is 1.50. The van der Waals surface area contributed by atoms with Gasteiger partial charge in [0, 0.05) is 30.4 Å². The van der Waals surface area contributed by atoms with Crippen LogP contribution in [0.4, 0.5) is 13.2 Å². The summed E-state index contributed by atoms with van der Waals surface area (Å²) < 4.78 is 47.8. The molecular formula is C17H20F3N5O2. The van der Waals surface area contributed by atoms with E-state index in [1.807, 2.05) is 0 Å². The van der Waals surface area contributed by atoms with Gasteiger partial charge >= 0.3 is 12.1 Å². The maximum Gasteiger partial charge on any atom is 0.471 e. The van der Waals surface area contributed by atoms with Gasteiger partial charge in [-0.25, -0.2) is 4.98 Å². The summed E-state index contributed by atoms with van der Waals surface area (Å²) in [4.78, 5) is 7.49. The van der Waals surface area contributed by atoms with Crippen LogP contribution in [-0.4, -0.2) is 34.3 Å². The van der Waals surface area contributed by atoms with E-state index in [-0.39, 0.29) is 5.82 Å². The van der Waals surface area contributed by atoms with E-state index in [1.54, 1.807) is 0 Å². The third kappa shape index (κ3) is 4.06. The molecule has 0 aromatic carbocycles. The molecule has 2 fully saturated rings. The van der Waals surface area contributed by atoms with Crippen molar-refractivity contribution in [2.24, 2.45) is 11.8 Å². The van der Waals surface area contributed by atoms with E-state index >= 15 is 0 Å². The van der Waals surface area contributed by atoms with Crippen LogP contribution in [-0.2, 0) is 6.18 Å². The highest BCUT2D eigenvalue weighted by Gasteiger charge is 2.38. The molecule has 0 radical (unpaired) electrons. The number of fused-ring (bicyclic) bond motifs is 1. The number of hydrazine groups is 1. The standard InChI is InChI=1S/C17H20F3N5O2/c18-17(19,20)16-23-15(25-27-16)11-4-6-21-13(8-11)26-7-5-10-2-1-3-12-9-22-24-14(10)12/h4,6,8,10,12,14,22,24H,1-3,5,7,9H2. The van der Waals surface area contributed by atoms with Crippen LogP contribution in [0, 0.1) is 11.8 Å². The third-order valence-corrected chi connectivity index (χ3v) is 5.20. The van der Waals surface area contributed by atoms with E-state index in [0.717, 1.165) is 19.4 Å². The molecule has 4 rings (SSSR count). The number of rotatable bonds is 5. The fraction of sp³-hybridized carbons (Fsp3) is 0.588. The zero-order valence-corrected chi connectivity index (χ0v) is 14.5. The van der Waals surface area contributed by atoms with Gasteiger partial charge in [-0.2, -0.15) is 18.2 Å². The van der Waals surface area contributed by atoms with Crippen LogP contribution in [0.25, 0.3) is 11.4 Å². The van der Waals surface area contributed by atoms with Crippen molar-refractivity contribution < 1.29 is 22.4 Å². The molecular weight excluding hydrogens is 363 g/mol. The minimum absolute atomic E-state index is 0.147. The van der Waals surface area contributed by atoms with Crippen LogP contribution >= 0.6 is 0 Å². The van der Waals surface area contributed by atoms with Gasteiger partial charge in [0.15, 0.2) is 0 Å². The molecule has 1 aliphatic carbocycles. The van der Waals surface area contributed by atoms with E-state index < -0.39 is 12.1 Å². The molecule has 7 nitrogen and oxygen atoms in total. The predicted molar refractivity (Wildman–Crippen MR) is 88.4 cm³/mol. The number of halogens is 3. The van der Waals surface area contributed by atoms with Gasteiger partial charge in [0.1, 0.15) is 0 Å². The predicted octanol–water partition coefficient (Wildman–Crippen LogP) is 2.81. The first-order valence-corrected chi connectivity index (χ1v) is 8.99. The summed E-state index contributed by atoms with van der Waals surface area (Å²) in [6, 6.07) is 3.50. The van der Waals surface area contributed by atoms with Crippen molar-refractivity contribution in [2.45, 2.75) is 37.9 Å². The molecule has 3 unspecified atom stereocenters. The van der Waals surface area contributed by atoms with Crippen LogP contribution in [0.2, 0.25) is 0 Å². The maximum absolute atomic E-state index is 12.6. The Morgan fingerprint density at radius 2 is 2.19 bits per heavy atom. The Bertz CT molecular complexity index is 782. The fourth-order valence-electron chi connectivity index (χ4n) is 3.88. The summed E-state index contributed by atoms with van der Waals surface area (Å²) >= 11 is 0. The lowest BCUT2D eigenvalue weighted by atomic mass is 9.77. The number of ether oxygens (including phenoxy) is 1. The van der Waals surface area contributed by atoms with Gasteiger partial charge < -0.3 is 9.26 Å². The van der Waals surface area contributed by atoms with Crippen LogP contribution < -0.4 is 15.6 Å². The number of nitrogens with one attached hydrogen (secondary N) is 2. The topological polar surface area (TPSA) is 85.1 Å². The van der Waals surface area contributed by atoms with E-state index in [9.17, 15) is 13.2 Å². The van der Waals surface area contributed by atoms with Crippen LogP contribution in [0.1, 0.15) is 31.6 Å². The van der Waals surface area contributed by atoms with Crippen molar-refractivity contribution in [1.82, 2.24) is 26.0 Å². The number of pyridine rings is 1. The molecule has 2 N–H and O–H groups in total. The van der Waals surface area contributed by atoms with Gasteiger partial charge in [-0.1, -0.05) is 11.6 Å². The Morgan fingerprint density at radius 1 is 1.30 bits per heavy atom. The van der Waals surface area contributed by atoms with Gasteiger partial charge in [0.05, 0.1) is 6.61 Å². The highest BCUT2D eigenvalue weighted by molar-refractivity contribution is 5.55. The van der Waals surface area contributed by atoms with E-state index in [0.29, 0.717) is 35.9 Å². The molecule has 27 heavy (non-hydrogen) atoms. The number of nitrogens with zero attached hydrogens (tertiary/aromatic N) is 3. The van der Waals surface area contributed by atoms with Crippen molar-refractivity contribution in [1.29, 1.82) is 0 Å². The van der Waals surface area contributed by atoms with E-state index in [4.69, 9.17) is 4.74 Å². The summed E-state index contributed by atoms with van der Waals surface area (Å²) in [7, 11) is 0. The average Bonchev–Trinajstić information content (AvgIpc) is 3.31. The Hall–Kier alpha value is -2.20. The summed E-state index contributed by atoms with van der Waals surface area (Å²) in [5.41, 5.74) is 6.96. The summed E-state index contributed by atoms with van der Waals surface area (Å²) in [5, 5.41) is 3.38. The molecule has 0 amide bonds. The molecule has 10 heteroatoms. The quantitative estimate of drug-likeness (QED) is 0.821. The Morgan fingerprint density at radius 3 is 3.00 bits per heavy atom. The highest BCUT2D eigenvalue weighted by Crippen LogP contribution is 2.33. The minimum atomic E-state index is -4.67. The number of alkyl halides is 3. The molecule has 0 bridgehead atoms. The fourth-order valence-corrected chi connectivity index (χ4v) is 3.88. The van der Waals surface area contributed by atoms with Gasteiger partial charge in [0.25, 0.3) is 0 Å². The number of hydrogen-bond donors (Lipinski definition) is 2. The van der Waals surface area contributed by atoms with Crippen molar-refractivity contribution in [2.75, 3.05) is 13.2 Å². The molecule has 1 saturated heterocycles. The van der Waals surface area contributed by atoms with Crippen molar-refractivity contribution in [3.63, 3.8) is 0 Å². The van der Waals surface area contributed by atoms with Crippen LogP contribution in [0.3, 0.4) is 0 Å².